The Kier molecular flexibility index (Phi) is 2.52. The second kappa shape index (κ2) is 3.92. The van der Waals surface area contributed by atoms with Crippen LogP contribution in [0.3, 0.4) is 0 Å². The monoisotopic (exact) mass is 249 g/mol. The molecule has 0 radical (unpaired) electrons. The average molecular weight is 249 g/mol. The summed E-state index contributed by atoms with van der Waals surface area (Å²) in [5.41, 5.74) is 6.38. The minimum atomic E-state index is -0.586. The van der Waals surface area contributed by atoms with Crippen LogP contribution in [0.2, 0.25) is 0 Å². The summed E-state index contributed by atoms with van der Waals surface area (Å²) in [6, 6.07) is 0. The molecule has 2 heterocycles. The summed E-state index contributed by atoms with van der Waals surface area (Å²) in [4.78, 5) is 17.5. The summed E-state index contributed by atoms with van der Waals surface area (Å²) >= 11 is 1.58. The molecular weight excluding hydrogens is 234 g/mol. The van der Waals surface area contributed by atoms with Crippen LogP contribution in [-0.2, 0) is 11.2 Å². The van der Waals surface area contributed by atoms with E-state index in [9.17, 15) is 4.79 Å². The molecule has 2 N–H and O–H groups in total. The fourth-order valence-corrected chi connectivity index (χ4v) is 3.21. The van der Waals surface area contributed by atoms with Crippen molar-refractivity contribution >= 4 is 22.1 Å². The molecule has 90 valence electrons. The Hall–Kier alpha value is -1.20. The van der Waals surface area contributed by atoms with Gasteiger partial charge in [0.05, 0.1) is 17.7 Å². The lowest BCUT2D eigenvalue weighted by atomic mass is 9.91. The number of rotatable bonds is 3. The molecular formula is C12H15N3OS. The maximum absolute atomic E-state index is 12.2. The minimum absolute atomic E-state index is 0.140. The fraction of sp³-hybridized carbons (Fsp3) is 0.500. The first-order valence-corrected chi connectivity index (χ1v) is 6.79. The van der Waals surface area contributed by atoms with Gasteiger partial charge in [-0.2, -0.15) is 0 Å². The van der Waals surface area contributed by atoms with Gasteiger partial charge in [0.1, 0.15) is 0 Å². The van der Waals surface area contributed by atoms with Gasteiger partial charge in [-0.1, -0.05) is 12.8 Å². The van der Waals surface area contributed by atoms with E-state index in [0.29, 0.717) is 6.42 Å². The first-order valence-electron chi connectivity index (χ1n) is 5.91. The summed E-state index contributed by atoms with van der Waals surface area (Å²) in [6.07, 6.45) is 8.03. The highest BCUT2D eigenvalue weighted by Gasteiger charge is 2.36. The van der Waals surface area contributed by atoms with Gasteiger partial charge in [-0.3, -0.25) is 9.20 Å². The van der Waals surface area contributed by atoms with E-state index >= 15 is 0 Å². The SMILES string of the molecule is NC1(C(=O)Cc2cn3ccsc3n2)CCCC1. The Labute approximate surface area is 103 Å². The summed E-state index contributed by atoms with van der Waals surface area (Å²) in [7, 11) is 0. The lowest BCUT2D eigenvalue weighted by molar-refractivity contribution is -0.123. The number of fused-ring (bicyclic) bond motifs is 1. The molecule has 5 heteroatoms. The van der Waals surface area contributed by atoms with Crippen molar-refractivity contribution in [1.82, 2.24) is 9.38 Å². The van der Waals surface area contributed by atoms with Crippen LogP contribution in [0.1, 0.15) is 31.4 Å². The molecule has 0 bridgehead atoms. The molecule has 2 aromatic heterocycles. The molecule has 17 heavy (non-hydrogen) atoms. The number of thiazole rings is 1. The van der Waals surface area contributed by atoms with Gasteiger partial charge in [0.2, 0.25) is 0 Å². The molecule has 2 aromatic rings. The van der Waals surface area contributed by atoms with Gasteiger partial charge < -0.3 is 5.73 Å². The summed E-state index contributed by atoms with van der Waals surface area (Å²) in [5.74, 6) is 0.140. The molecule has 0 saturated heterocycles. The van der Waals surface area contributed by atoms with Gasteiger partial charge in [-0.25, -0.2) is 4.98 Å². The zero-order valence-corrected chi connectivity index (χ0v) is 10.4. The van der Waals surface area contributed by atoms with Gasteiger partial charge in [-0.05, 0) is 12.8 Å². The molecule has 1 fully saturated rings. The number of hydrogen-bond acceptors (Lipinski definition) is 4. The number of hydrogen-bond donors (Lipinski definition) is 1. The van der Waals surface area contributed by atoms with Crippen LogP contribution in [0.15, 0.2) is 17.8 Å². The third-order valence-corrected chi connectivity index (χ3v) is 4.31. The number of ketones is 1. The second-order valence-electron chi connectivity index (χ2n) is 4.79. The predicted octanol–water partition coefficient (Wildman–Crippen LogP) is 1.78. The molecule has 0 aromatic carbocycles. The minimum Gasteiger partial charge on any atom is -0.319 e. The number of carbonyl (C=O) groups excluding carboxylic acids is 1. The quantitative estimate of drug-likeness (QED) is 0.902. The maximum atomic E-state index is 12.2. The fourth-order valence-electron chi connectivity index (χ4n) is 2.49. The predicted molar refractivity (Wildman–Crippen MR) is 67.2 cm³/mol. The maximum Gasteiger partial charge on any atom is 0.193 e. The zero-order chi connectivity index (χ0) is 11.9. The van der Waals surface area contributed by atoms with Crippen molar-refractivity contribution in [3.8, 4) is 0 Å². The highest BCUT2D eigenvalue weighted by atomic mass is 32.1. The van der Waals surface area contributed by atoms with E-state index < -0.39 is 5.54 Å². The first-order chi connectivity index (χ1) is 8.17. The Morgan fingerprint density at radius 2 is 2.29 bits per heavy atom. The average Bonchev–Trinajstić information content (AvgIpc) is 2.93. The van der Waals surface area contributed by atoms with E-state index in [0.717, 1.165) is 36.3 Å². The summed E-state index contributed by atoms with van der Waals surface area (Å²) < 4.78 is 1.95. The smallest absolute Gasteiger partial charge is 0.193 e. The van der Waals surface area contributed by atoms with E-state index in [2.05, 4.69) is 4.98 Å². The van der Waals surface area contributed by atoms with E-state index in [-0.39, 0.29) is 5.78 Å². The van der Waals surface area contributed by atoms with Crippen molar-refractivity contribution in [2.45, 2.75) is 37.6 Å². The van der Waals surface area contributed by atoms with Crippen LogP contribution in [0, 0.1) is 0 Å². The second-order valence-corrected chi connectivity index (χ2v) is 5.66. The molecule has 0 aliphatic heterocycles. The largest absolute Gasteiger partial charge is 0.319 e. The number of nitrogens with two attached hydrogens (primary N) is 1. The molecule has 1 aliphatic rings. The molecule has 0 atom stereocenters. The number of Topliss-reactive ketones (excluding diaryl/α,β-unsaturated/α-hetero) is 1. The molecule has 1 saturated carbocycles. The molecule has 4 nitrogen and oxygen atoms in total. The number of carbonyl (C=O) groups is 1. The van der Waals surface area contributed by atoms with Gasteiger partial charge in [0.15, 0.2) is 10.7 Å². The van der Waals surface area contributed by atoms with Crippen LogP contribution < -0.4 is 5.73 Å². The molecule has 3 rings (SSSR count). The van der Waals surface area contributed by atoms with Gasteiger partial charge in [0.25, 0.3) is 0 Å². The van der Waals surface area contributed by atoms with E-state index in [4.69, 9.17) is 5.73 Å². The van der Waals surface area contributed by atoms with Crippen molar-refractivity contribution in [2.75, 3.05) is 0 Å². The van der Waals surface area contributed by atoms with Crippen molar-refractivity contribution in [2.24, 2.45) is 5.73 Å². The van der Waals surface area contributed by atoms with Crippen molar-refractivity contribution < 1.29 is 4.79 Å². The van der Waals surface area contributed by atoms with Gasteiger partial charge >= 0.3 is 0 Å². The third kappa shape index (κ3) is 1.89. The Morgan fingerprint density at radius 3 is 3.00 bits per heavy atom. The van der Waals surface area contributed by atoms with E-state index in [1.165, 1.54) is 0 Å². The van der Waals surface area contributed by atoms with Crippen LogP contribution >= 0.6 is 11.3 Å². The van der Waals surface area contributed by atoms with Crippen LogP contribution in [0.25, 0.3) is 4.96 Å². The Balaban J connectivity index is 1.78. The van der Waals surface area contributed by atoms with E-state index in [1.807, 2.05) is 22.2 Å². The number of imidazole rings is 1. The van der Waals surface area contributed by atoms with Gasteiger partial charge in [0, 0.05) is 17.8 Å². The standard InChI is InChI=1S/C12H15N3OS/c13-12(3-1-2-4-12)10(16)7-9-8-15-5-6-17-11(15)14-9/h5-6,8H,1-4,7,13H2. The number of nitrogens with zero attached hydrogens (tertiary/aromatic N) is 2. The molecule has 0 spiro atoms. The molecule has 1 aliphatic carbocycles. The number of aromatic nitrogens is 2. The first kappa shape index (κ1) is 10.9. The summed E-state index contributed by atoms with van der Waals surface area (Å²) in [6.45, 7) is 0. The Morgan fingerprint density at radius 1 is 1.53 bits per heavy atom. The molecule has 0 unspecified atom stereocenters. The lowest BCUT2D eigenvalue weighted by Crippen LogP contribution is -2.46. The lowest BCUT2D eigenvalue weighted by Gasteiger charge is -2.20. The zero-order valence-electron chi connectivity index (χ0n) is 9.56. The van der Waals surface area contributed by atoms with Crippen LogP contribution in [0.4, 0.5) is 0 Å². The highest BCUT2D eigenvalue weighted by molar-refractivity contribution is 7.15. The highest BCUT2D eigenvalue weighted by Crippen LogP contribution is 2.29. The normalized spacial score (nSPS) is 18.9. The third-order valence-electron chi connectivity index (χ3n) is 3.54. The topological polar surface area (TPSA) is 60.4 Å². The van der Waals surface area contributed by atoms with Crippen LogP contribution in [0.5, 0.6) is 0 Å². The molecule has 0 amide bonds. The van der Waals surface area contributed by atoms with Crippen LogP contribution in [-0.4, -0.2) is 20.7 Å². The van der Waals surface area contributed by atoms with E-state index in [1.54, 1.807) is 11.3 Å². The van der Waals surface area contributed by atoms with Crippen molar-refractivity contribution in [3.63, 3.8) is 0 Å². The summed E-state index contributed by atoms with van der Waals surface area (Å²) in [5, 5.41) is 1.98. The Bertz CT molecular complexity index is 522. The van der Waals surface area contributed by atoms with Crippen molar-refractivity contribution in [1.29, 1.82) is 0 Å². The van der Waals surface area contributed by atoms with Crippen molar-refractivity contribution in [3.05, 3.63) is 23.5 Å². The van der Waals surface area contributed by atoms with Gasteiger partial charge in [-0.15, -0.1) is 11.3 Å².